The first-order chi connectivity index (χ1) is 12.9. The fourth-order valence-electron chi connectivity index (χ4n) is 3.13. The normalized spacial score (nSPS) is 16.5. The average molecular weight is 374 g/mol. The summed E-state index contributed by atoms with van der Waals surface area (Å²) in [6, 6.07) is 5.23. The Morgan fingerprint density at radius 1 is 1.26 bits per heavy atom. The van der Waals surface area contributed by atoms with Crippen molar-refractivity contribution in [3.63, 3.8) is 0 Å². The van der Waals surface area contributed by atoms with Crippen molar-refractivity contribution in [2.45, 2.75) is 25.7 Å². The molecule has 2 rings (SSSR count). The van der Waals surface area contributed by atoms with Crippen LogP contribution in [0.4, 0.5) is 0 Å². The Balaban J connectivity index is 2.84. The molecule has 144 valence electrons. The zero-order valence-electron chi connectivity index (χ0n) is 15.7. The third-order valence-electron chi connectivity index (χ3n) is 4.25. The smallest absolute Gasteiger partial charge is 0.336 e. The summed E-state index contributed by atoms with van der Waals surface area (Å²) in [5.74, 6) is -1.08. The van der Waals surface area contributed by atoms with Gasteiger partial charge in [0.25, 0.3) is 0 Å². The summed E-state index contributed by atoms with van der Waals surface area (Å²) in [6.45, 7) is 1.89. The molecule has 0 fully saturated rings. The highest BCUT2D eigenvalue weighted by Crippen LogP contribution is 2.48. The van der Waals surface area contributed by atoms with Gasteiger partial charge >= 0.3 is 5.97 Å². The quantitative estimate of drug-likeness (QED) is 0.746. The van der Waals surface area contributed by atoms with Crippen LogP contribution in [-0.4, -0.2) is 32.4 Å². The Hall–Kier alpha value is -3.34. The predicted octanol–water partition coefficient (Wildman–Crippen LogP) is 2.66. The largest absolute Gasteiger partial charge is 0.493 e. The van der Waals surface area contributed by atoms with Crippen molar-refractivity contribution >= 4 is 5.97 Å². The summed E-state index contributed by atoms with van der Waals surface area (Å²) < 4.78 is 21.6. The number of nitriles is 1. The molecule has 0 spiro atoms. The number of methoxy groups -OCH3 is 3. The molecule has 1 unspecified atom stereocenters. The molecule has 1 aliphatic heterocycles. The molecular formula is C19H22N2O6. The first-order valence-electron chi connectivity index (χ1n) is 8.27. The van der Waals surface area contributed by atoms with Gasteiger partial charge in [-0.25, -0.2) is 4.79 Å². The highest BCUT2D eigenvalue weighted by Gasteiger charge is 2.39. The second kappa shape index (κ2) is 8.36. The molecule has 0 saturated carbocycles. The van der Waals surface area contributed by atoms with E-state index in [0.717, 1.165) is 0 Å². The molecule has 1 atom stereocenters. The van der Waals surface area contributed by atoms with E-state index in [0.29, 0.717) is 29.9 Å². The lowest BCUT2D eigenvalue weighted by atomic mass is 9.81. The molecule has 0 bridgehead atoms. The van der Waals surface area contributed by atoms with Crippen molar-refractivity contribution in [1.82, 2.24) is 0 Å². The third kappa shape index (κ3) is 3.49. The lowest BCUT2D eigenvalue weighted by Gasteiger charge is -2.28. The second-order valence-corrected chi connectivity index (χ2v) is 5.74. The topological polar surface area (TPSA) is 124 Å². The minimum absolute atomic E-state index is 0.00206. The number of nitrogens with zero attached hydrogens (tertiary/aromatic N) is 1. The van der Waals surface area contributed by atoms with Gasteiger partial charge in [0.2, 0.25) is 11.6 Å². The molecule has 8 nitrogen and oxygen atoms in total. The van der Waals surface area contributed by atoms with Gasteiger partial charge < -0.3 is 29.8 Å². The van der Waals surface area contributed by atoms with Crippen molar-refractivity contribution in [2.24, 2.45) is 5.73 Å². The van der Waals surface area contributed by atoms with Crippen LogP contribution in [0.5, 0.6) is 17.2 Å². The highest BCUT2D eigenvalue weighted by molar-refractivity contribution is 5.91. The van der Waals surface area contributed by atoms with Crippen LogP contribution in [0.2, 0.25) is 0 Å². The van der Waals surface area contributed by atoms with Crippen molar-refractivity contribution in [3.05, 3.63) is 40.5 Å². The molecule has 27 heavy (non-hydrogen) atoms. The molecule has 1 aromatic carbocycles. The van der Waals surface area contributed by atoms with Gasteiger partial charge in [-0.1, -0.05) is 13.0 Å². The Labute approximate surface area is 157 Å². The van der Waals surface area contributed by atoms with Gasteiger partial charge in [0.1, 0.15) is 17.4 Å². The lowest BCUT2D eigenvalue weighted by Crippen LogP contribution is -2.25. The zero-order chi connectivity index (χ0) is 20.1. The Kier molecular flexibility index (Phi) is 6.19. The zero-order valence-corrected chi connectivity index (χ0v) is 15.7. The first kappa shape index (κ1) is 20.0. The van der Waals surface area contributed by atoms with Gasteiger partial charge in [-0.3, -0.25) is 0 Å². The van der Waals surface area contributed by atoms with E-state index >= 15 is 0 Å². The third-order valence-corrected chi connectivity index (χ3v) is 4.25. The van der Waals surface area contributed by atoms with Crippen LogP contribution in [0.25, 0.3) is 0 Å². The molecule has 1 heterocycles. The van der Waals surface area contributed by atoms with E-state index in [-0.39, 0.29) is 28.5 Å². The van der Waals surface area contributed by atoms with Crippen LogP contribution in [0.1, 0.15) is 31.2 Å². The predicted molar refractivity (Wildman–Crippen MR) is 96.3 cm³/mol. The molecule has 0 amide bonds. The summed E-state index contributed by atoms with van der Waals surface area (Å²) in [6.07, 6.45) is 1.02. The maximum Gasteiger partial charge on any atom is 0.336 e. The van der Waals surface area contributed by atoms with Gasteiger partial charge in [0, 0.05) is 12.0 Å². The standard InChI is InChI=1S/C19H22N2O6/c1-5-6-12-15(19(22)23)14(11(9-20)18(21)27-12)10-7-8-13(24-2)17(26-4)16(10)25-3/h7-8,14H,5-6,21H2,1-4H3,(H,22,23). The summed E-state index contributed by atoms with van der Waals surface area (Å²) in [5, 5.41) is 19.5. The number of ether oxygens (including phenoxy) is 4. The number of benzene rings is 1. The molecule has 0 saturated heterocycles. The van der Waals surface area contributed by atoms with E-state index in [1.807, 2.05) is 13.0 Å². The fraction of sp³-hybridized carbons (Fsp3) is 0.368. The Morgan fingerprint density at radius 2 is 1.93 bits per heavy atom. The van der Waals surface area contributed by atoms with Crippen molar-refractivity contribution in [2.75, 3.05) is 21.3 Å². The first-order valence-corrected chi connectivity index (χ1v) is 8.27. The van der Waals surface area contributed by atoms with Crippen molar-refractivity contribution in [1.29, 1.82) is 5.26 Å². The number of nitrogens with two attached hydrogens (primary N) is 1. The average Bonchev–Trinajstić information content (AvgIpc) is 2.65. The van der Waals surface area contributed by atoms with E-state index in [1.165, 1.54) is 21.3 Å². The number of aliphatic carboxylic acids is 1. The van der Waals surface area contributed by atoms with Crippen LogP contribution in [0.3, 0.4) is 0 Å². The van der Waals surface area contributed by atoms with E-state index in [9.17, 15) is 15.2 Å². The van der Waals surface area contributed by atoms with Crippen molar-refractivity contribution in [3.8, 4) is 23.3 Å². The number of allylic oxidation sites excluding steroid dienone is 2. The Morgan fingerprint density at radius 3 is 2.41 bits per heavy atom. The van der Waals surface area contributed by atoms with Gasteiger partial charge in [0.15, 0.2) is 11.5 Å². The summed E-state index contributed by atoms with van der Waals surface area (Å²) in [5.41, 5.74) is 6.30. The lowest BCUT2D eigenvalue weighted by molar-refractivity contribution is -0.133. The second-order valence-electron chi connectivity index (χ2n) is 5.74. The summed E-state index contributed by atoms with van der Waals surface area (Å²) in [4.78, 5) is 12.1. The number of rotatable bonds is 7. The number of carboxylic acid groups (broad SMARTS) is 1. The van der Waals surface area contributed by atoms with Gasteiger partial charge in [-0.05, 0) is 12.5 Å². The summed E-state index contributed by atoms with van der Waals surface area (Å²) in [7, 11) is 4.35. The monoisotopic (exact) mass is 374 g/mol. The molecule has 1 aliphatic rings. The van der Waals surface area contributed by atoms with Crippen LogP contribution in [0, 0.1) is 11.3 Å². The van der Waals surface area contributed by atoms with Gasteiger partial charge in [-0.15, -0.1) is 0 Å². The molecule has 1 aromatic rings. The van der Waals surface area contributed by atoms with E-state index in [4.69, 9.17) is 24.7 Å². The maximum atomic E-state index is 12.1. The van der Waals surface area contributed by atoms with Crippen LogP contribution < -0.4 is 19.9 Å². The maximum absolute atomic E-state index is 12.1. The molecule has 0 aliphatic carbocycles. The van der Waals surface area contributed by atoms with Crippen molar-refractivity contribution < 1.29 is 28.8 Å². The van der Waals surface area contributed by atoms with E-state index in [1.54, 1.807) is 12.1 Å². The van der Waals surface area contributed by atoms with Gasteiger partial charge in [0.05, 0.1) is 32.8 Å². The molecular weight excluding hydrogens is 352 g/mol. The number of carboxylic acids is 1. The fourth-order valence-corrected chi connectivity index (χ4v) is 3.13. The molecule has 0 radical (unpaired) electrons. The number of hydrogen-bond donors (Lipinski definition) is 2. The highest BCUT2D eigenvalue weighted by atomic mass is 16.5. The van der Waals surface area contributed by atoms with Crippen LogP contribution in [0.15, 0.2) is 34.9 Å². The Bertz CT molecular complexity index is 850. The minimum atomic E-state index is -1.19. The molecule has 8 heteroatoms. The molecule has 3 N–H and O–H groups in total. The van der Waals surface area contributed by atoms with Gasteiger partial charge in [-0.2, -0.15) is 5.26 Å². The van der Waals surface area contributed by atoms with E-state index in [2.05, 4.69) is 0 Å². The summed E-state index contributed by atoms with van der Waals surface area (Å²) >= 11 is 0. The number of carbonyl (C=O) groups is 1. The number of hydrogen-bond acceptors (Lipinski definition) is 7. The SMILES string of the molecule is CCCC1=C(C(=O)O)C(c2ccc(OC)c(OC)c2OC)C(C#N)=C(N)O1. The van der Waals surface area contributed by atoms with Crippen LogP contribution >= 0.6 is 0 Å². The molecule has 0 aromatic heterocycles. The van der Waals surface area contributed by atoms with E-state index < -0.39 is 11.9 Å². The van der Waals surface area contributed by atoms with Crippen LogP contribution in [-0.2, 0) is 9.53 Å². The minimum Gasteiger partial charge on any atom is -0.493 e.